The van der Waals surface area contributed by atoms with Crippen molar-refractivity contribution in [3.05, 3.63) is 0 Å². The topological polar surface area (TPSA) is 40.5 Å². The predicted octanol–water partition coefficient (Wildman–Crippen LogP) is -0.0574. The number of carbonyl (C=O) groups excluding carboxylic acids is 1. The lowest BCUT2D eigenvalue weighted by atomic mass is 10.3. The number of thioether (sulfide) groups is 1. The van der Waals surface area contributed by atoms with Gasteiger partial charge < -0.3 is 10.0 Å². The molecule has 1 fully saturated rings. The molecule has 0 radical (unpaired) electrons. The Labute approximate surface area is 70.8 Å². The van der Waals surface area contributed by atoms with Gasteiger partial charge in [0, 0.05) is 13.1 Å². The third-order valence-electron chi connectivity index (χ3n) is 1.78. The van der Waals surface area contributed by atoms with E-state index in [0.29, 0.717) is 12.3 Å². The summed E-state index contributed by atoms with van der Waals surface area (Å²) >= 11 is 1.52. The van der Waals surface area contributed by atoms with Crippen LogP contribution in [0.4, 0.5) is 0 Å². The Morgan fingerprint density at radius 3 is 3.00 bits per heavy atom. The normalized spacial score (nSPS) is 24.2. The Balaban J connectivity index is 2.31. The number of likely N-dealkylation sites (tertiary alicyclic amines) is 1. The third-order valence-corrected chi connectivity index (χ3v) is 2.32. The summed E-state index contributed by atoms with van der Waals surface area (Å²) in [5.41, 5.74) is 0. The van der Waals surface area contributed by atoms with Crippen molar-refractivity contribution in [3.8, 4) is 0 Å². The van der Waals surface area contributed by atoms with Crippen LogP contribution in [0.15, 0.2) is 0 Å². The fourth-order valence-electron chi connectivity index (χ4n) is 1.18. The maximum atomic E-state index is 11.2. The minimum absolute atomic E-state index is 0.147. The average molecular weight is 175 g/mol. The molecule has 1 unspecified atom stereocenters. The van der Waals surface area contributed by atoms with Crippen molar-refractivity contribution in [1.82, 2.24) is 4.90 Å². The van der Waals surface area contributed by atoms with Crippen LogP contribution < -0.4 is 0 Å². The lowest BCUT2D eigenvalue weighted by molar-refractivity contribution is -0.127. The van der Waals surface area contributed by atoms with E-state index in [1.54, 1.807) is 4.90 Å². The van der Waals surface area contributed by atoms with Crippen molar-refractivity contribution in [3.63, 3.8) is 0 Å². The van der Waals surface area contributed by atoms with E-state index in [9.17, 15) is 4.79 Å². The zero-order valence-corrected chi connectivity index (χ0v) is 7.43. The van der Waals surface area contributed by atoms with E-state index in [1.807, 2.05) is 6.26 Å². The van der Waals surface area contributed by atoms with Crippen LogP contribution in [0.3, 0.4) is 0 Å². The molecule has 1 saturated heterocycles. The minimum Gasteiger partial charge on any atom is -0.391 e. The van der Waals surface area contributed by atoms with Crippen molar-refractivity contribution in [1.29, 1.82) is 0 Å². The molecular weight excluding hydrogens is 162 g/mol. The van der Waals surface area contributed by atoms with Crippen LogP contribution >= 0.6 is 11.8 Å². The van der Waals surface area contributed by atoms with Crippen LogP contribution in [-0.4, -0.2) is 47.1 Å². The van der Waals surface area contributed by atoms with Gasteiger partial charge in [-0.15, -0.1) is 0 Å². The molecule has 1 aliphatic rings. The second kappa shape index (κ2) is 3.97. The summed E-state index contributed by atoms with van der Waals surface area (Å²) in [6.45, 7) is 1.25. The van der Waals surface area contributed by atoms with E-state index in [4.69, 9.17) is 5.11 Å². The Morgan fingerprint density at radius 1 is 1.82 bits per heavy atom. The summed E-state index contributed by atoms with van der Waals surface area (Å²) in [6.07, 6.45) is 2.35. The molecule has 0 aromatic carbocycles. The Bertz CT molecular complexity index is 151. The number of amides is 1. The molecule has 0 aromatic rings. The fourth-order valence-corrected chi connectivity index (χ4v) is 1.61. The molecular formula is C7H13NO2S. The van der Waals surface area contributed by atoms with Crippen molar-refractivity contribution in [2.75, 3.05) is 25.1 Å². The summed E-state index contributed by atoms with van der Waals surface area (Å²) in [7, 11) is 0. The summed E-state index contributed by atoms with van der Waals surface area (Å²) < 4.78 is 0. The first-order valence-electron chi connectivity index (χ1n) is 3.69. The fraction of sp³-hybridized carbons (Fsp3) is 0.857. The van der Waals surface area contributed by atoms with Gasteiger partial charge in [-0.3, -0.25) is 4.79 Å². The van der Waals surface area contributed by atoms with E-state index in [-0.39, 0.29) is 12.0 Å². The molecule has 0 aromatic heterocycles. The van der Waals surface area contributed by atoms with E-state index in [0.717, 1.165) is 13.0 Å². The summed E-state index contributed by atoms with van der Waals surface area (Å²) in [5, 5.41) is 9.12. The number of β-amino-alcohol motifs (C(OH)–C–C–N with tert-alkyl or cyclic N) is 1. The molecule has 4 heteroatoms. The van der Waals surface area contributed by atoms with Crippen LogP contribution in [0.2, 0.25) is 0 Å². The van der Waals surface area contributed by atoms with E-state index < -0.39 is 0 Å². The van der Waals surface area contributed by atoms with Gasteiger partial charge in [0.1, 0.15) is 0 Å². The number of rotatable bonds is 2. The lowest BCUT2D eigenvalue weighted by Crippen LogP contribution is -2.30. The molecule has 1 aliphatic heterocycles. The SMILES string of the molecule is CSCC(=O)N1CCC(O)C1. The highest BCUT2D eigenvalue weighted by atomic mass is 32.2. The van der Waals surface area contributed by atoms with Crippen LogP contribution in [0.5, 0.6) is 0 Å². The highest BCUT2D eigenvalue weighted by Gasteiger charge is 2.23. The second-order valence-electron chi connectivity index (χ2n) is 2.72. The van der Waals surface area contributed by atoms with Gasteiger partial charge in [-0.25, -0.2) is 0 Å². The Hall–Kier alpha value is -0.220. The largest absolute Gasteiger partial charge is 0.391 e. The number of carbonyl (C=O) groups is 1. The van der Waals surface area contributed by atoms with Crippen LogP contribution in [-0.2, 0) is 4.79 Å². The molecule has 0 aliphatic carbocycles. The molecule has 1 atom stereocenters. The molecule has 0 saturated carbocycles. The highest BCUT2D eigenvalue weighted by molar-refractivity contribution is 7.99. The minimum atomic E-state index is -0.291. The third kappa shape index (κ3) is 2.38. The van der Waals surface area contributed by atoms with Crippen molar-refractivity contribution < 1.29 is 9.90 Å². The monoisotopic (exact) mass is 175 g/mol. The highest BCUT2D eigenvalue weighted by Crippen LogP contribution is 2.09. The maximum absolute atomic E-state index is 11.2. The molecule has 64 valence electrons. The predicted molar refractivity (Wildman–Crippen MR) is 45.6 cm³/mol. The summed E-state index contributed by atoms with van der Waals surface area (Å²) in [6, 6.07) is 0. The lowest BCUT2D eigenvalue weighted by Gasteiger charge is -2.13. The summed E-state index contributed by atoms with van der Waals surface area (Å²) in [5.74, 6) is 0.682. The number of aliphatic hydroxyl groups is 1. The van der Waals surface area contributed by atoms with Crippen molar-refractivity contribution in [2.45, 2.75) is 12.5 Å². The quantitative estimate of drug-likeness (QED) is 0.639. The van der Waals surface area contributed by atoms with Gasteiger partial charge in [-0.2, -0.15) is 11.8 Å². The van der Waals surface area contributed by atoms with E-state index in [1.165, 1.54) is 11.8 Å². The molecule has 3 nitrogen and oxygen atoms in total. The molecule has 0 spiro atoms. The van der Waals surface area contributed by atoms with Gasteiger partial charge in [0.15, 0.2) is 0 Å². The van der Waals surface area contributed by atoms with Crippen LogP contribution in [0, 0.1) is 0 Å². The molecule has 11 heavy (non-hydrogen) atoms. The smallest absolute Gasteiger partial charge is 0.232 e. The zero-order valence-electron chi connectivity index (χ0n) is 6.62. The van der Waals surface area contributed by atoms with Gasteiger partial charge in [0.2, 0.25) is 5.91 Å². The Morgan fingerprint density at radius 2 is 2.55 bits per heavy atom. The van der Waals surface area contributed by atoms with Crippen molar-refractivity contribution in [2.24, 2.45) is 0 Å². The first-order valence-corrected chi connectivity index (χ1v) is 5.08. The first kappa shape index (κ1) is 8.87. The Kier molecular flexibility index (Phi) is 3.20. The molecule has 1 rings (SSSR count). The number of aliphatic hydroxyl groups excluding tert-OH is 1. The number of hydrogen-bond donors (Lipinski definition) is 1. The van der Waals surface area contributed by atoms with E-state index in [2.05, 4.69) is 0 Å². The second-order valence-corrected chi connectivity index (χ2v) is 3.58. The molecule has 1 amide bonds. The van der Waals surface area contributed by atoms with Gasteiger partial charge in [0.05, 0.1) is 11.9 Å². The maximum Gasteiger partial charge on any atom is 0.232 e. The molecule has 0 bridgehead atoms. The standard InChI is InChI=1S/C7H13NO2S/c1-11-5-7(10)8-3-2-6(9)4-8/h6,9H,2-5H2,1H3. The number of nitrogens with zero attached hydrogens (tertiary/aromatic N) is 1. The average Bonchev–Trinajstić information content (AvgIpc) is 2.36. The van der Waals surface area contributed by atoms with E-state index >= 15 is 0 Å². The zero-order chi connectivity index (χ0) is 8.27. The molecule has 1 N–H and O–H groups in total. The van der Waals surface area contributed by atoms with Crippen LogP contribution in [0.25, 0.3) is 0 Å². The van der Waals surface area contributed by atoms with Crippen LogP contribution in [0.1, 0.15) is 6.42 Å². The van der Waals surface area contributed by atoms with Crippen molar-refractivity contribution >= 4 is 17.7 Å². The first-order chi connectivity index (χ1) is 5.24. The van der Waals surface area contributed by atoms with Gasteiger partial charge >= 0.3 is 0 Å². The van der Waals surface area contributed by atoms with Gasteiger partial charge in [-0.05, 0) is 12.7 Å². The van der Waals surface area contributed by atoms with Gasteiger partial charge in [0.25, 0.3) is 0 Å². The summed E-state index contributed by atoms with van der Waals surface area (Å²) in [4.78, 5) is 12.9. The van der Waals surface area contributed by atoms with Gasteiger partial charge in [-0.1, -0.05) is 0 Å². The number of hydrogen-bond acceptors (Lipinski definition) is 3. The molecule has 1 heterocycles.